The molecule has 0 aliphatic carbocycles. The number of nitrogens with two attached hydrogens (primary N) is 1. The predicted molar refractivity (Wildman–Crippen MR) is 69.0 cm³/mol. The van der Waals surface area contributed by atoms with Crippen LogP contribution in [0.25, 0.3) is 0 Å². The SMILES string of the molecule is Cn1nnnc1SCC(=O)Nc1ccccc1N. The van der Waals surface area contributed by atoms with Gasteiger partial charge in [0.1, 0.15) is 0 Å². The molecule has 0 unspecified atom stereocenters. The Morgan fingerprint density at radius 2 is 2.28 bits per heavy atom. The Balaban J connectivity index is 1.90. The fourth-order valence-corrected chi connectivity index (χ4v) is 1.92. The van der Waals surface area contributed by atoms with Gasteiger partial charge >= 0.3 is 0 Å². The molecule has 0 radical (unpaired) electrons. The van der Waals surface area contributed by atoms with Crippen molar-refractivity contribution in [2.75, 3.05) is 16.8 Å². The van der Waals surface area contributed by atoms with Crippen molar-refractivity contribution in [3.63, 3.8) is 0 Å². The number of tetrazole rings is 1. The van der Waals surface area contributed by atoms with Gasteiger partial charge in [0, 0.05) is 7.05 Å². The average Bonchev–Trinajstić information content (AvgIpc) is 2.75. The summed E-state index contributed by atoms with van der Waals surface area (Å²) in [6, 6.07) is 7.10. The highest BCUT2D eigenvalue weighted by atomic mass is 32.2. The third-order valence-corrected chi connectivity index (χ3v) is 3.16. The summed E-state index contributed by atoms with van der Waals surface area (Å²) in [4.78, 5) is 11.7. The molecule has 0 atom stereocenters. The van der Waals surface area contributed by atoms with Crippen LogP contribution in [-0.4, -0.2) is 31.9 Å². The van der Waals surface area contributed by atoms with Crippen molar-refractivity contribution in [3.8, 4) is 0 Å². The Labute approximate surface area is 108 Å². The number of aromatic nitrogens is 4. The maximum atomic E-state index is 11.7. The van der Waals surface area contributed by atoms with Crippen LogP contribution in [0.15, 0.2) is 29.4 Å². The third kappa shape index (κ3) is 2.98. The summed E-state index contributed by atoms with van der Waals surface area (Å²) in [5, 5.41) is 14.3. The molecule has 1 aromatic heterocycles. The van der Waals surface area contributed by atoms with Crippen molar-refractivity contribution in [2.45, 2.75) is 5.16 Å². The van der Waals surface area contributed by atoms with E-state index in [2.05, 4.69) is 20.8 Å². The number of carbonyl (C=O) groups is 1. The topological polar surface area (TPSA) is 98.7 Å². The number of para-hydroxylation sites is 2. The number of rotatable bonds is 4. The van der Waals surface area contributed by atoms with Gasteiger partial charge in [0.25, 0.3) is 0 Å². The van der Waals surface area contributed by atoms with Crippen LogP contribution in [0.4, 0.5) is 11.4 Å². The molecule has 1 heterocycles. The lowest BCUT2D eigenvalue weighted by Gasteiger charge is -2.06. The normalized spacial score (nSPS) is 10.3. The first kappa shape index (κ1) is 12.4. The van der Waals surface area contributed by atoms with Gasteiger partial charge in [-0.25, -0.2) is 4.68 Å². The second-order valence-corrected chi connectivity index (χ2v) is 4.45. The third-order valence-electron chi connectivity index (χ3n) is 2.15. The number of aryl methyl sites for hydroxylation is 1. The molecule has 3 N–H and O–H groups in total. The van der Waals surface area contributed by atoms with Gasteiger partial charge in [-0.2, -0.15) is 0 Å². The van der Waals surface area contributed by atoms with E-state index in [0.717, 1.165) is 0 Å². The van der Waals surface area contributed by atoms with Crippen molar-refractivity contribution in [1.82, 2.24) is 20.2 Å². The highest BCUT2D eigenvalue weighted by molar-refractivity contribution is 7.99. The zero-order valence-corrected chi connectivity index (χ0v) is 10.5. The van der Waals surface area contributed by atoms with Crippen molar-refractivity contribution in [2.24, 2.45) is 7.05 Å². The molecule has 7 nitrogen and oxygen atoms in total. The van der Waals surface area contributed by atoms with Crippen molar-refractivity contribution >= 4 is 29.0 Å². The van der Waals surface area contributed by atoms with Crippen LogP contribution < -0.4 is 11.1 Å². The highest BCUT2D eigenvalue weighted by Gasteiger charge is 2.08. The standard InChI is InChI=1S/C10H12N6OS/c1-16-10(13-14-15-16)18-6-9(17)12-8-5-3-2-4-7(8)11/h2-5H,6,11H2,1H3,(H,12,17). The molecular weight excluding hydrogens is 252 g/mol. The number of nitrogens with one attached hydrogen (secondary N) is 1. The average molecular weight is 264 g/mol. The Morgan fingerprint density at radius 3 is 2.94 bits per heavy atom. The van der Waals surface area contributed by atoms with Crippen LogP contribution in [0.5, 0.6) is 0 Å². The summed E-state index contributed by atoms with van der Waals surface area (Å²) in [5.74, 6) is 0.0728. The molecular formula is C10H12N6OS. The summed E-state index contributed by atoms with van der Waals surface area (Å²) in [6.07, 6.45) is 0. The van der Waals surface area contributed by atoms with Crippen molar-refractivity contribution in [3.05, 3.63) is 24.3 Å². The molecule has 0 fully saturated rings. The van der Waals surface area contributed by atoms with E-state index >= 15 is 0 Å². The Morgan fingerprint density at radius 1 is 1.50 bits per heavy atom. The van der Waals surface area contributed by atoms with Gasteiger partial charge in [-0.1, -0.05) is 23.9 Å². The van der Waals surface area contributed by atoms with Gasteiger partial charge in [0.15, 0.2) is 0 Å². The molecule has 1 aromatic carbocycles. The predicted octanol–water partition coefficient (Wildman–Crippen LogP) is 0.523. The lowest BCUT2D eigenvalue weighted by atomic mass is 10.3. The van der Waals surface area contributed by atoms with E-state index < -0.39 is 0 Å². The van der Waals surface area contributed by atoms with Gasteiger partial charge in [-0.3, -0.25) is 4.79 Å². The minimum Gasteiger partial charge on any atom is -0.397 e. The van der Waals surface area contributed by atoms with E-state index in [4.69, 9.17) is 5.73 Å². The fourth-order valence-electron chi connectivity index (χ4n) is 1.27. The number of anilines is 2. The van der Waals surface area contributed by atoms with Crippen LogP contribution in [0.1, 0.15) is 0 Å². The van der Waals surface area contributed by atoms with Crippen LogP contribution in [0, 0.1) is 0 Å². The molecule has 18 heavy (non-hydrogen) atoms. The molecule has 0 saturated heterocycles. The number of hydrogen-bond acceptors (Lipinski definition) is 6. The number of hydrogen-bond donors (Lipinski definition) is 2. The minimum atomic E-state index is -0.152. The first-order valence-corrected chi connectivity index (χ1v) is 6.15. The van der Waals surface area contributed by atoms with E-state index in [9.17, 15) is 4.79 Å². The second-order valence-electron chi connectivity index (χ2n) is 3.51. The van der Waals surface area contributed by atoms with E-state index in [1.807, 2.05) is 12.1 Å². The summed E-state index contributed by atoms with van der Waals surface area (Å²) >= 11 is 1.26. The lowest BCUT2D eigenvalue weighted by Crippen LogP contribution is -2.15. The summed E-state index contributed by atoms with van der Waals surface area (Å²) < 4.78 is 1.51. The van der Waals surface area contributed by atoms with Gasteiger partial charge in [-0.15, -0.1) is 5.10 Å². The van der Waals surface area contributed by atoms with Crippen molar-refractivity contribution < 1.29 is 4.79 Å². The van der Waals surface area contributed by atoms with Gasteiger partial charge in [0.05, 0.1) is 17.1 Å². The molecule has 0 bridgehead atoms. The monoisotopic (exact) mass is 264 g/mol. The largest absolute Gasteiger partial charge is 0.397 e. The molecule has 8 heteroatoms. The van der Waals surface area contributed by atoms with E-state index in [-0.39, 0.29) is 11.7 Å². The fraction of sp³-hybridized carbons (Fsp3) is 0.200. The van der Waals surface area contributed by atoms with Crippen LogP contribution >= 0.6 is 11.8 Å². The number of nitrogens with zero attached hydrogens (tertiary/aromatic N) is 4. The molecule has 2 rings (SSSR count). The van der Waals surface area contributed by atoms with Gasteiger partial charge in [-0.05, 0) is 22.6 Å². The number of amides is 1. The maximum Gasteiger partial charge on any atom is 0.234 e. The van der Waals surface area contributed by atoms with E-state index in [0.29, 0.717) is 16.5 Å². The molecule has 2 aromatic rings. The Kier molecular flexibility index (Phi) is 3.78. The summed E-state index contributed by atoms with van der Waals surface area (Å²) in [6.45, 7) is 0. The highest BCUT2D eigenvalue weighted by Crippen LogP contribution is 2.18. The van der Waals surface area contributed by atoms with E-state index in [1.54, 1.807) is 19.2 Å². The molecule has 1 amide bonds. The molecule has 0 aliphatic heterocycles. The Hall–Kier alpha value is -2.09. The molecule has 0 aliphatic rings. The first-order valence-electron chi connectivity index (χ1n) is 5.16. The minimum absolute atomic E-state index is 0.152. The quantitative estimate of drug-likeness (QED) is 0.617. The van der Waals surface area contributed by atoms with E-state index in [1.165, 1.54) is 16.4 Å². The molecule has 0 saturated carbocycles. The van der Waals surface area contributed by atoms with Gasteiger partial charge < -0.3 is 11.1 Å². The summed E-state index contributed by atoms with van der Waals surface area (Å²) in [7, 11) is 1.72. The van der Waals surface area contributed by atoms with Crippen LogP contribution in [0.3, 0.4) is 0 Å². The molecule has 94 valence electrons. The zero-order chi connectivity index (χ0) is 13.0. The number of nitrogen functional groups attached to an aromatic ring is 1. The van der Waals surface area contributed by atoms with Crippen LogP contribution in [-0.2, 0) is 11.8 Å². The second kappa shape index (κ2) is 5.50. The van der Waals surface area contributed by atoms with Gasteiger partial charge in [0.2, 0.25) is 11.1 Å². The number of carbonyl (C=O) groups excluding carboxylic acids is 1. The number of thioether (sulfide) groups is 1. The summed E-state index contributed by atoms with van der Waals surface area (Å²) in [5.41, 5.74) is 6.87. The number of benzene rings is 1. The zero-order valence-electron chi connectivity index (χ0n) is 9.70. The molecule has 0 spiro atoms. The lowest BCUT2D eigenvalue weighted by molar-refractivity contribution is -0.113. The van der Waals surface area contributed by atoms with Crippen LogP contribution in [0.2, 0.25) is 0 Å². The smallest absolute Gasteiger partial charge is 0.234 e. The first-order chi connectivity index (χ1) is 8.66. The Bertz CT molecular complexity index is 555. The maximum absolute atomic E-state index is 11.7. The van der Waals surface area contributed by atoms with Crippen molar-refractivity contribution in [1.29, 1.82) is 0 Å².